The number of ether oxygens (including phenoxy) is 3. The van der Waals surface area contributed by atoms with Crippen molar-refractivity contribution in [1.82, 2.24) is 4.90 Å². The fourth-order valence-corrected chi connectivity index (χ4v) is 2.33. The van der Waals surface area contributed by atoms with Gasteiger partial charge in [-0.3, -0.25) is 0 Å². The SMILES string of the molecule is COCCOc1ccc(NC(=O)N(C)CC2CCCO2)cc1F. The summed E-state index contributed by atoms with van der Waals surface area (Å²) in [5.41, 5.74) is 0.380. The molecule has 0 aliphatic carbocycles. The first-order valence-electron chi connectivity index (χ1n) is 7.65. The third-order valence-electron chi connectivity index (χ3n) is 3.58. The Morgan fingerprint density at radius 2 is 2.30 bits per heavy atom. The Kier molecular flexibility index (Phi) is 6.61. The van der Waals surface area contributed by atoms with Crippen molar-refractivity contribution in [1.29, 1.82) is 0 Å². The minimum atomic E-state index is -0.527. The van der Waals surface area contributed by atoms with Gasteiger partial charge in [0.2, 0.25) is 0 Å². The van der Waals surface area contributed by atoms with E-state index in [1.54, 1.807) is 20.2 Å². The van der Waals surface area contributed by atoms with Gasteiger partial charge in [0, 0.05) is 39.1 Å². The molecule has 128 valence electrons. The normalized spacial score (nSPS) is 17.1. The topological polar surface area (TPSA) is 60.0 Å². The van der Waals surface area contributed by atoms with Gasteiger partial charge < -0.3 is 24.4 Å². The highest BCUT2D eigenvalue weighted by Crippen LogP contribution is 2.21. The van der Waals surface area contributed by atoms with Gasteiger partial charge in [0.1, 0.15) is 6.61 Å². The molecule has 1 aromatic carbocycles. The van der Waals surface area contributed by atoms with Crippen LogP contribution in [0.25, 0.3) is 0 Å². The molecular formula is C16H23FN2O4. The van der Waals surface area contributed by atoms with Crippen LogP contribution in [0, 0.1) is 5.82 Å². The zero-order valence-electron chi connectivity index (χ0n) is 13.5. The van der Waals surface area contributed by atoms with E-state index in [4.69, 9.17) is 14.2 Å². The predicted molar refractivity (Wildman–Crippen MR) is 84.4 cm³/mol. The highest BCUT2D eigenvalue weighted by molar-refractivity contribution is 5.89. The fourth-order valence-electron chi connectivity index (χ4n) is 2.33. The number of anilines is 1. The molecule has 7 heteroatoms. The Morgan fingerprint density at radius 1 is 1.48 bits per heavy atom. The van der Waals surface area contributed by atoms with Crippen LogP contribution in [-0.2, 0) is 9.47 Å². The lowest BCUT2D eigenvalue weighted by Gasteiger charge is -2.21. The van der Waals surface area contributed by atoms with Crippen molar-refractivity contribution >= 4 is 11.7 Å². The lowest BCUT2D eigenvalue weighted by atomic mass is 10.2. The summed E-state index contributed by atoms with van der Waals surface area (Å²) in [7, 11) is 3.24. The largest absolute Gasteiger partial charge is 0.488 e. The molecule has 0 bridgehead atoms. The van der Waals surface area contributed by atoms with Crippen molar-refractivity contribution in [2.75, 3.05) is 45.8 Å². The van der Waals surface area contributed by atoms with Crippen LogP contribution in [-0.4, -0.2) is 57.6 Å². The standard InChI is InChI=1S/C16H23FN2O4/c1-19(11-13-4-3-7-22-13)16(20)18-12-5-6-15(14(17)10-12)23-9-8-21-2/h5-6,10,13H,3-4,7-9,11H2,1-2H3,(H,18,20). The van der Waals surface area contributed by atoms with E-state index in [9.17, 15) is 9.18 Å². The van der Waals surface area contributed by atoms with Crippen LogP contribution in [0.1, 0.15) is 12.8 Å². The second-order valence-electron chi connectivity index (χ2n) is 5.43. The highest BCUT2D eigenvalue weighted by Gasteiger charge is 2.20. The summed E-state index contributed by atoms with van der Waals surface area (Å²) in [5, 5.41) is 2.66. The van der Waals surface area contributed by atoms with Gasteiger partial charge in [0.25, 0.3) is 0 Å². The van der Waals surface area contributed by atoms with E-state index in [0.717, 1.165) is 19.4 Å². The smallest absolute Gasteiger partial charge is 0.321 e. The number of rotatable bonds is 7. The third-order valence-corrected chi connectivity index (χ3v) is 3.58. The first-order chi connectivity index (χ1) is 11.1. The number of hydrogen-bond donors (Lipinski definition) is 1. The number of nitrogens with zero attached hydrogens (tertiary/aromatic N) is 1. The summed E-state index contributed by atoms with van der Waals surface area (Å²) in [5.74, 6) is -0.395. The van der Waals surface area contributed by atoms with E-state index >= 15 is 0 Å². The third kappa shape index (κ3) is 5.37. The Morgan fingerprint density at radius 3 is 2.96 bits per heavy atom. The van der Waals surface area contributed by atoms with Crippen molar-refractivity contribution in [3.8, 4) is 5.75 Å². The maximum absolute atomic E-state index is 13.9. The van der Waals surface area contributed by atoms with Crippen molar-refractivity contribution in [3.05, 3.63) is 24.0 Å². The molecule has 2 amide bonds. The molecular weight excluding hydrogens is 303 g/mol. The maximum atomic E-state index is 13.9. The van der Waals surface area contributed by atoms with E-state index in [-0.39, 0.29) is 24.5 Å². The van der Waals surface area contributed by atoms with Crippen molar-refractivity contribution in [2.45, 2.75) is 18.9 Å². The minimum Gasteiger partial charge on any atom is -0.488 e. The number of benzene rings is 1. The Labute approximate surface area is 135 Å². The second-order valence-corrected chi connectivity index (χ2v) is 5.43. The minimum absolute atomic E-state index is 0.0825. The molecule has 1 aliphatic rings. The monoisotopic (exact) mass is 326 g/mol. The van der Waals surface area contributed by atoms with E-state index in [0.29, 0.717) is 18.8 Å². The first kappa shape index (κ1) is 17.5. The number of urea groups is 1. The maximum Gasteiger partial charge on any atom is 0.321 e. The molecule has 6 nitrogen and oxygen atoms in total. The van der Waals surface area contributed by atoms with E-state index < -0.39 is 5.82 Å². The van der Waals surface area contributed by atoms with Gasteiger partial charge >= 0.3 is 6.03 Å². The summed E-state index contributed by atoms with van der Waals surface area (Å²) in [6, 6.07) is 4.02. The van der Waals surface area contributed by atoms with Gasteiger partial charge in [0.15, 0.2) is 11.6 Å². The average Bonchev–Trinajstić information content (AvgIpc) is 3.02. The number of nitrogens with one attached hydrogen (secondary N) is 1. The van der Waals surface area contributed by atoms with E-state index in [1.807, 2.05) is 0 Å². The Hall–Kier alpha value is -1.86. The zero-order chi connectivity index (χ0) is 16.7. The van der Waals surface area contributed by atoms with Crippen molar-refractivity contribution in [3.63, 3.8) is 0 Å². The van der Waals surface area contributed by atoms with Gasteiger partial charge in [-0.25, -0.2) is 9.18 Å². The van der Waals surface area contributed by atoms with Crippen LogP contribution < -0.4 is 10.1 Å². The number of amides is 2. The quantitative estimate of drug-likeness (QED) is 0.782. The molecule has 1 fully saturated rings. The summed E-state index contributed by atoms with van der Waals surface area (Å²) in [4.78, 5) is 13.6. The van der Waals surface area contributed by atoms with E-state index in [2.05, 4.69) is 5.32 Å². The Bertz CT molecular complexity index is 521. The van der Waals surface area contributed by atoms with Gasteiger partial charge in [-0.05, 0) is 25.0 Å². The van der Waals surface area contributed by atoms with Crippen LogP contribution in [0.15, 0.2) is 18.2 Å². The predicted octanol–water partition coefficient (Wildman–Crippen LogP) is 2.49. The van der Waals surface area contributed by atoms with Crippen LogP contribution in [0.5, 0.6) is 5.75 Å². The fraction of sp³-hybridized carbons (Fsp3) is 0.562. The van der Waals surface area contributed by atoms with Gasteiger partial charge in [0.05, 0.1) is 12.7 Å². The van der Waals surface area contributed by atoms with Crippen LogP contribution in [0.2, 0.25) is 0 Å². The lowest BCUT2D eigenvalue weighted by Crippen LogP contribution is -2.37. The second kappa shape index (κ2) is 8.69. The molecule has 0 saturated carbocycles. The number of carbonyl (C=O) groups is 1. The highest BCUT2D eigenvalue weighted by atomic mass is 19.1. The molecule has 23 heavy (non-hydrogen) atoms. The molecule has 1 aromatic rings. The van der Waals surface area contributed by atoms with E-state index in [1.165, 1.54) is 17.0 Å². The van der Waals surface area contributed by atoms with Crippen LogP contribution in [0.4, 0.5) is 14.9 Å². The average molecular weight is 326 g/mol. The molecule has 0 aromatic heterocycles. The molecule has 1 atom stereocenters. The number of methoxy groups -OCH3 is 1. The molecule has 1 aliphatic heterocycles. The summed E-state index contributed by atoms with van der Waals surface area (Å²) in [6.07, 6.45) is 2.06. The summed E-state index contributed by atoms with van der Waals surface area (Å²) in [6.45, 7) is 1.91. The van der Waals surface area contributed by atoms with Crippen LogP contribution >= 0.6 is 0 Å². The van der Waals surface area contributed by atoms with Gasteiger partial charge in [-0.15, -0.1) is 0 Å². The number of carbonyl (C=O) groups excluding carboxylic acids is 1. The van der Waals surface area contributed by atoms with Crippen molar-refractivity contribution < 1.29 is 23.4 Å². The molecule has 0 spiro atoms. The molecule has 1 unspecified atom stereocenters. The number of hydrogen-bond acceptors (Lipinski definition) is 4. The van der Waals surface area contributed by atoms with Gasteiger partial charge in [-0.2, -0.15) is 0 Å². The molecule has 1 heterocycles. The molecule has 0 radical (unpaired) electrons. The summed E-state index contributed by atoms with van der Waals surface area (Å²) < 4.78 is 29.5. The summed E-state index contributed by atoms with van der Waals surface area (Å²) >= 11 is 0. The molecule has 1 N–H and O–H groups in total. The lowest BCUT2D eigenvalue weighted by molar-refractivity contribution is 0.0894. The van der Waals surface area contributed by atoms with Gasteiger partial charge in [-0.1, -0.05) is 0 Å². The number of likely N-dealkylation sites (N-methyl/N-ethyl adjacent to an activating group) is 1. The van der Waals surface area contributed by atoms with Crippen molar-refractivity contribution in [2.24, 2.45) is 0 Å². The first-order valence-corrected chi connectivity index (χ1v) is 7.65. The molecule has 2 rings (SSSR count). The Balaban J connectivity index is 1.86. The molecule has 1 saturated heterocycles. The van der Waals surface area contributed by atoms with Crippen LogP contribution in [0.3, 0.4) is 0 Å². The zero-order valence-corrected chi connectivity index (χ0v) is 13.5. The number of halogens is 1.